The molecule has 0 saturated heterocycles. The molecule has 1 atom stereocenters. The smallest absolute Gasteiger partial charge is 0.212 e. The van der Waals surface area contributed by atoms with Crippen molar-refractivity contribution in [2.75, 3.05) is 0 Å². The SMILES string of the molecule is N#CC1=C2CCCC2C2(CCCC2)C(C#N)(C#N)C1=O. The van der Waals surface area contributed by atoms with E-state index >= 15 is 0 Å². The summed E-state index contributed by atoms with van der Waals surface area (Å²) >= 11 is 0. The number of carbonyl (C=O) groups excluding carboxylic acids is 1. The fourth-order valence-electron chi connectivity index (χ4n) is 4.78. The van der Waals surface area contributed by atoms with Crippen LogP contribution < -0.4 is 0 Å². The maximum atomic E-state index is 12.7. The van der Waals surface area contributed by atoms with E-state index in [0.717, 1.165) is 50.5 Å². The standard InChI is InChI=1S/C16H15N3O/c17-8-12-11-4-3-5-13(11)15(6-1-2-7-15)16(9-18,10-19)14(12)20/h13H,1-7H2. The van der Waals surface area contributed by atoms with Crippen LogP contribution in [0.1, 0.15) is 44.9 Å². The molecule has 0 bridgehead atoms. The monoisotopic (exact) mass is 265 g/mol. The van der Waals surface area contributed by atoms with Gasteiger partial charge in [0.2, 0.25) is 11.2 Å². The summed E-state index contributed by atoms with van der Waals surface area (Å²) in [6.45, 7) is 0. The summed E-state index contributed by atoms with van der Waals surface area (Å²) in [4.78, 5) is 12.7. The fourth-order valence-corrected chi connectivity index (χ4v) is 4.78. The van der Waals surface area contributed by atoms with Gasteiger partial charge in [0.05, 0.1) is 17.7 Å². The summed E-state index contributed by atoms with van der Waals surface area (Å²) in [5.41, 5.74) is -1.15. The molecule has 1 unspecified atom stereocenters. The van der Waals surface area contributed by atoms with Gasteiger partial charge in [-0.05, 0) is 43.6 Å². The number of nitrogens with zero attached hydrogens (tertiary/aromatic N) is 3. The minimum Gasteiger partial charge on any atom is -0.290 e. The van der Waals surface area contributed by atoms with Crippen LogP contribution in [0.15, 0.2) is 11.1 Å². The lowest BCUT2D eigenvalue weighted by molar-refractivity contribution is -0.127. The molecule has 1 spiro atoms. The third kappa shape index (κ3) is 1.21. The van der Waals surface area contributed by atoms with Crippen LogP contribution in [0.4, 0.5) is 0 Å². The van der Waals surface area contributed by atoms with Crippen LogP contribution in [0.3, 0.4) is 0 Å². The van der Waals surface area contributed by atoms with Gasteiger partial charge >= 0.3 is 0 Å². The Morgan fingerprint density at radius 2 is 1.70 bits per heavy atom. The highest BCUT2D eigenvalue weighted by Crippen LogP contribution is 2.64. The lowest BCUT2D eigenvalue weighted by Gasteiger charge is -2.47. The van der Waals surface area contributed by atoms with Crippen molar-refractivity contribution >= 4 is 5.78 Å². The first-order chi connectivity index (χ1) is 9.66. The van der Waals surface area contributed by atoms with Crippen molar-refractivity contribution in [3.63, 3.8) is 0 Å². The molecule has 2 saturated carbocycles. The number of rotatable bonds is 0. The Bertz CT molecular complexity index is 618. The lowest BCUT2D eigenvalue weighted by Crippen LogP contribution is -2.52. The summed E-state index contributed by atoms with van der Waals surface area (Å²) in [5.74, 6) is -0.448. The molecule has 0 heterocycles. The summed E-state index contributed by atoms with van der Waals surface area (Å²) in [6, 6.07) is 6.04. The normalized spacial score (nSPS) is 29.6. The Hall–Kier alpha value is -2.12. The molecule has 4 nitrogen and oxygen atoms in total. The largest absolute Gasteiger partial charge is 0.290 e. The van der Waals surface area contributed by atoms with Crippen molar-refractivity contribution in [1.29, 1.82) is 15.8 Å². The van der Waals surface area contributed by atoms with E-state index in [4.69, 9.17) is 0 Å². The molecule has 0 N–H and O–H groups in total. The number of nitriles is 3. The van der Waals surface area contributed by atoms with Crippen LogP contribution in [-0.2, 0) is 4.79 Å². The van der Waals surface area contributed by atoms with E-state index in [1.807, 2.05) is 18.2 Å². The van der Waals surface area contributed by atoms with E-state index in [1.54, 1.807) is 0 Å². The minimum atomic E-state index is -1.65. The Labute approximate surface area is 118 Å². The molecule has 0 aromatic carbocycles. The van der Waals surface area contributed by atoms with E-state index in [9.17, 15) is 20.6 Å². The predicted molar refractivity (Wildman–Crippen MR) is 69.5 cm³/mol. The third-order valence-electron chi connectivity index (χ3n) is 5.61. The zero-order valence-electron chi connectivity index (χ0n) is 11.3. The Kier molecular flexibility index (Phi) is 2.70. The highest BCUT2D eigenvalue weighted by Gasteiger charge is 2.66. The number of allylic oxidation sites excluding steroid dienone is 2. The van der Waals surface area contributed by atoms with Gasteiger partial charge in [0.15, 0.2) is 0 Å². The van der Waals surface area contributed by atoms with Gasteiger partial charge in [-0.3, -0.25) is 4.79 Å². The maximum Gasteiger partial charge on any atom is 0.212 e. The summed E-state index contributed by atoms with van der Waals surface area (Å²) in [5, 5.41) is 28.6. The van der Waals surface area contributed by atoms with E-state index in [2.05, 4.69) is 0 Å². The summed E-state index contributed by atoms with van der Waals surface area (Å²) < 4.78 is 0. The van der Waals surface area contributed by atoms with Gasteiger partial charge in [0, 0.05) is 5.41 Å². The molecular weight excluding hydrogens is 250 g/mol. The van der Waals surface area contributed by atoms with Crippen molar-refractivity contribution < 1.29 is 4.79 Å². The third-order valence-corrected chi connectivity index (χ3v) is 5.61. The van der Waals surface area contributed by atoms with Crippen LogP contribution in [0, 0.1) is 50.7 Å². The van der Waals surface area contributed by atoms with Gasteiger partial charge in [0.1, 0.15) is 6.07 Å². The van der Waals surface area contributed by atoms with Crippen LogP contribution in [0.5, 0.6) is 0 Å². The zero-order valence-corrected chi connectivity index (χ0v) is 11.3. The molecule has 0 radical (unpaired) electrons. The molecule has 0 amide bonds. The molecular formula is C16H15N3O. The molecule has 0 aromatic heterocycles. The maximum absolute atomic E-state index is 12.7. The van der Waals surface area contributed by atoms with Gasteiger partial charge in [0.25, 0.3) is 0 Å². The van der Waals surface area contributed by atoms with E-state index in [1.165, 1.54) is 0 Å². The first kappa shape index (κ1) is 12.9. The first-order valence-corrected chi connectivity index (χ1v) is 7.17. The second-order valence-electron chi connectivity index (χ2n) is 6.12. The van der Waals surface area contributed by atoms with Crippen molar-refractivity contribution in [2.45, 2.75) is 44.9 Å². The van der Waals surface area contributed by atoms with Gasteiger partial charge in [-0.1, -0.05) is 12.8 Å². The number of Topliss-reactive ketones (excluding diaryl/α,β-unsaturated/α-hetero) is 1. The lowest BCUT2D eigenvalue weighted by atomic mass is 9.50. The minimum absolute atomic E-state index is 0.0802. The molecule has 3 aliphatic carbocycles. The van der Waals surface area contributed by atoms with Crippen molar-refractivity contribution in [3.05, 3.63) is 11.1 Å². The molecule has 20 heavy (non-hydrogen) atoms. The van der Waals surface area contributed by atoms with Gasteiger partial charge in [-0.25, -0.2) is 0 Å². The van der Waals surface area contributed by atoms with Crippen molar-refractivity contribution in [1.82, 2.24) is 0 Å². The Morgan fingerprint density at radius 3 is 2.25 bits per heavy atom. The van der Waals surface area contributed by atoms with Gasteiger partial charge in [-0.15, -0.1) is 0 Å². The average Bonchev–Trinajstić information content (AvgIpc) is 3.11. The average molecular weight is 265 g/mol. The van der Waals surface area contributed by atoms with Crippen LogP contribution in [0.25, 0.3) is 0 Å². The number of carbonyl (C=O) groups is 1. The number of hydrogen-bond donors (Lipinski definition) is 0. The fraction of sp³-hybridized carbons (Fsp3) is 0.625. The quantitative estimate of drug-likeness (QED) is 0.673. The highest BCUT2D eigenvalue weighted by atomic mass is 16.1. The summed E-state index contributed by atoms with van der Waals surface area (Å²) in [6.07, 6.45) is 6.06. The molecule has 0 aliphatic heterocycles. The number of fused-ring (bicyclic) bond motifs is 2. The molecule has 100 valence electrons. The van der Waals surface area contributed by atoms with E-state index < -0.39 is 16.6 Å². The van der Waals surface area contributed by atoms with Crippen molar-refractivity contribution in [3.8, 4) is 18.2 Å². The van der Waals surface area contributed by atoms with Crippen LogP contribution in [0.2, 0.25) is 0 Å². The molecule has 4 heteroatoms. The van der Waals surface area contributed by atoms with Gasteiger partial charge < -0.3 is 0 Å². The zero-order chi connectivity index (χ0) is 14.4. The molecule has 3 rings (SSSR count). The Morgan fingerprint density at radius 1 is 1.05 bits per heavy atom. The van der Waals surface area contributed by atoms with Crippen LogP contribution >= 0.6 is 0 Å². The topological polar surface area (TPSA) is 88.4 Å². The molecule has 2 fully saturated rings. The van der Waals surface area contributed by atoms with E-state index in [0.29, 0.717) is 0 Å². The molecule has 0 aromatic rings. The second-order valence-corrected chi connectivity index (χ2v) is 6.12. The first-order valence-electron chi connectivity index (χ1n) is 7.17. The van der Waals surface area contributed by atoms with Gasteiger partial charge in [-0.2, -0.15) is 15.8 Å². The predicted octanol–water partition coefficient (Wildman–Crippen LogP) is 2.78. The van der Waals surface area contributed by atoms with Crippen molar-refractivity contribution in [2.24, 2.45) is 16.7 Å². The van der Waals surface area contributed by atoms with E-state index in [-0.39, 0.29) is 11.5 Å². The Balaban J connectivity index is 2.32. The highest BCUT2D eigenvalue weighted by molar-refractivity contribution is 6.09. The van der Waals surface area contributed by atoms with Crippen LogP contribution in [-0.4, -0.2) is 5.78 Å². The number of ketones is 1. The summed E-state index contributed by atoms with van der Waals surface area (Å²) in [7, 11) is 0. The molecule has 3 aliphatic rings. The number of hydrogen-bond acceptors (Lipinski definition) is 4. The second kappa shape index (κ2) is 4.19.